The molecule has 0 aromatic heterocycles. The molecule has 1 aliphatic heterocycles. The Kier molecular flexibility index (Phi) is 3.08. The summed E-state index contributed by atoms with van der Waals surface area (Å²) in [6, 6.07) is 0. The molecule has 0 amide bonds. The van der Waals surface area contributed by atoms with E-state index in [0.717, 1.165) is 12.3 Å². The van der Waals surface area contributed by atoms with Gasteiger partial charge in [-0.15, -0.1) is 0 Å². The van der Waals surface area contributed by atoms with Gasteiger partial charge in [0.25, 0.3) is 6.08 Å². The summed E-state index contributed by atoms with van der Waals surface area (Å²) >= 11 is 0. The van der Waals surface area contributed by atoms with Crippen molar-refractivity contribution in [2.75, 3.05) is 13.4 Å². The molecule has 1 rings (SSSR count). The minimum Gasteiger partial charge on any atom is -0.481 e. The maximum atomic E-state index is 12.3. The van der Waals surface area contributed by atoms with Crippen LogP contribution < -0.4 is 5.32 Å². The van der Waals surface area contributed by atoms with Crippen LogP contribution >= 0.6 is 0 Å². The average Bonchev–Trinajstić information content (AvgIpc) is 2.15. The van der Waals surface area contributed by atoms with Crippen LogP contribution in [0.2, 0.25) is 0 Å². The summed E-state index contributed by atoms with van der Waals surface area (Å²) in [6.07, 6.45) is -0.282. The lowest BCUT2D eigenvalue weighted by Crippen LogP contribution is -2.32. The highest BCUT2D eigenvalue weighted by Crippen LogP contribution is 2.15. The monoisotopic (exact) mass is 238 g/mol. The second-order valence-electron chi connectivity index (χ2n) is 2.67. The second kappa shape index (κ2) is 3.97. The Morgan fingerprint density at radius 2 is 2.13 bits per heavy atom. The normalized spacial score (nSPS) is 16.4. The van der Waals surface area contributed by atoms with Gasteiger partial charge in [-0.25, -0.2) is 8.42 Å². The van der Waals surface area contributed by atoms with E-state index in [0.29, 0.717) is 0 Å². The maximum absolute atomic E-state index is 12.3. The van der Waals surface area contributed by atoms with Crippen LogP contribution in [-0.2, 0) is 14.6 Å². The lowest BCUT2D eigenvalue weighted by Gasteiger charge is -2.14. The summed E-state index contributed by atoms with van der Waals surface area (Å²) in [7, 11) is -2.48. The molecule has 0 unspecified atom stereocenters. The van der Waals surface area contributed by atoms with Gasteiger partial charge < -0.3 is 10.1 Å². The van der Waals surface area contributed by atoms with Gasteiger partial charge in [-0.3, -0.25) is 0 Å². The highest BCUT2D eigenvalue weighted by Gasteiger charge is 2.21. The molecular weight excluding hydrogens is 230 g/mol. The molecule has 0 aromatic rings. The number of methoxy groups -OCH3 is 1. The van der Waals surface area contributed by atoms with Gasteiger partial charge in [0.1, 0.15) is 5.70 Å². The van der Waals surface area contributed by atoms with Gasteiger partial charge in [0.15, 0.2) is 0 Å². The molecule has 0 bridgehead atoms. The van der Waals surface area contributed by atoms with Crippen molar-refractivity contribution < 1.29 is 21.9 Å². The van der Waals surface area contributed by atoms with Crippen molar-refractivity contribution in [2.45, 2.75) is 0 Å². The van der Waals surface area contributed by atoms with Crippen molar-refractivity contribution >= 4 is 15.0 Å². The molecular formula is C7H8F2N2O3S. The van der Waals surface area contributed by atoms with Crippen molar-refractivity contribution in [2.24, 2.45) is 4.99 Å². The van der Waals surface area contributed by atoms with E-state index < -0.39 is 26.8 Å². The second-order valence-corrected chi connectivity index (χ2v) is 4.61. The van der Waals surface area contributed by atoms with Gasteiger partial charge in [0.05, 0.1) is 7.11 Å². The molecule has 1 heterocycles. The van der Waals surface area contributed by atoms with Crippen molar-refractivity contribution in [1.82, 2.24) is 5.32 Å². The molecule has 8 heteroatoms. The first kappa shape index (κ1) is 11.6. The number of allylic oxidation sites excluding steroid dienone is 1. The third-order valence-electron chi connectivity index (χ3n) is 1.49. The van der Waals surface area contributed by atoms with Crippen LogP contribution in [0.15, 0.2) is 28.7 Å². The quantitative estimate of drug-likeness (QED) is 0.725. The molecule has 0 saturated heterocycles. The summed E-state index contributed by atoms with van der Waals surface area (Å²) in [5.41, 5.74) is -0.637. The van der Waals surface area contributed by atoms with Crippen LogP contribution in [0.25, 0.3) is 0 Å². The number of hydrogen-bond acceptors (Lipinski definition) is 5. The molecule has 0 atom stereocenters. The highest BCUT2D eigenvalue weighted by molar-refractivity contribution is 8.05. The van der Waals surface area contributed by atoms with E-state index in [1.807, 2.05) is 5.32 Å². The van der Waals surface area contributed by atoms with Crippen LogP contribution in [0.4, 0.5) is 8.78 Å². The number of halogens is 2. The molecule has 84 valence electrons. The van der Waals surface area contributed by atoms with Crippen LogP contribution in [0.1, 0.15) is 0 Å². The molecule has 0 saturated carbocycles. The van der Waals surface area contributed by atoms with E-state index in [4.69, 9.17) is 0 Å². The van der Waals surface area contributed by atoms with Gasteiger partial charge in [-0.05, 0) is 0 Å². The summed E-state index contributed by atoms with van der Waals surface area (Å²) < 4.78 is 51.3. The Balaban J connectivity index is 3.22. The number of ether oxygens (including phenoxy) is 1. The van der Waals surface area contributed by atoms with E-state index in [2.05, 4.69) is 9.73 Å². The van der Waals surface area contributed by atoms with E-state index in [1.54, 1.807) is 0 Å². The van der Waals surface area contributed by atoms with Gasteiger partial charge in [-0.1, -0.05) is 0 Å². The number of nitrogens with one attached hydrogen (secondary N) is 1. The predicted molar refractivity (Wildman–Crippen MR) is 49.7 cm³/mol. The SMILES string of the molecule is COC1=CC(=C(F)F)NC(S(C)(=O)=O)=N1. The number of sulfone groups is 1. The highest BCUT2D eigenvalue weighted by atomic mass is 32.2. The molecule has 0 fully saturated rings. The Labute approximate surface area is 85.1 Å². The molecule has 0 aliphatic carbocycles. The molecule has 0 radical (unpaired) electrons. The van der Waals surface area contributed by atoms with Crippen LogP contribution in [0, 0.1) is 0 Å². The number of amidine groups is 1. The Bertz CT molecular complexity index is 461. The smallest absolute Gasteiger partial charge is 0.293 e. The third-order valence-corrected chi connectivity index (χ3v) is 2.38. The van der Waals surface area contributed by atoms with Crippen molar-refractivity contribution in [1.29, 1.82) is 0 Å². The fraction of sp³-hybridized carbons (Fsp3) is 0.286. The molecule has 5 nitrogen and oxygen atoms in total. The molecule has 1 N–H and O–H groups in total. The lowest BCUT2D eigenvalue weighted by molar-refractivity contribution is 0.286. The maximum Gasteiger partial charge on any atom is 0.293 e. The first-order valence-corrected chi connectivity index (χ1v) is 5.60. The molecule has 1 aliphatic rings. The fourth-order valence-electron chi connectivity index (χ4n) is 0.817. The Morgan fingerprint density at radius 1 is 1.53 bits per heavy atom. The number of nitrogens with zero attached hydrogens (tertiary/aromatic N) is 1. The Hall–Kier alpha value is -1.44. The third kappa shape index (κ3) is 2.75. The van der Waals surface area contributed by atoms with E-state index in [9.17, 15) is 17.2 Å². The summed E-state index contributed by atoms with van der Waals surface area (Å²) in [5, 5.41) is 1.43. The van der Waals surface area contributed by atoms with Crippen molar-refractivity contribution in [3.05, 3.63) is 23.7 Å². The van der Waals surface area contributed by atoms with E-state index >= 15 is 0 Å². The van der Waals surface area contributed by atoms with Crippen LogP contribution in [-0.4, -0.2) is 27.0 Å². The van der Waals surface area contributed by atoms with Gasteiger partial charge >= 0.3 is 0 Å². The Morgan fingerprint density at radius 3 is 2.53 bits per heavy atom. The summed E-state index contributed by atoms with van der Waals surface area (Å²) in [6.45, 7) is 0. The number of aliphatic imine (C=N–C) groups is 1. The minimum atomic E-state index is -3.68. The van der Waals surface area contributed by atoms with Gasteiger partial charge in [0.2, 0.25) is 20.9 Å². The zero-order valence-corrected chi connectivity index (χ0v) is 8.73. The van der Waals surface area contributed by atoms with E-state index in [1.165, 1.54) is 7.11 Å². The minimum absolute atomic E-state index is 0.197. The number of hydrogen-bond donors (Lipinski definition) is 1. The van der Waals surface area contributed by atoms with Gasteiger partial charge in [-0.2, -0.15) is 13.8 Å². The van der Waals surface area contributed by atoms with Crippen LogP contribution in [0.5, 0.6) is 0 Å². The summed E-state index contributed by atoms with van der Waals surface area (Å²) in [4.78, 5) is 3.49. The average molecular weight is 238 g/mol. The van der Waals surface area contributed by atoms with E-state index in [-0.39, 0.29) is 5.88 Å². The number of rotatable bonds is 1. The standard InChI is InChI=1S/C7H8F2N2O3S/c1-14-5-3-4(6(8)9)10-7(11-5)15(2,12)13/h3H,1-2H3,(H,10,11). The molecule has 0 spiro atoms. The topological polar surface area (TPSA) is 67.8 Å². The zero-order chi connectivity index (χ0) is 11.6. The zero-order valence-electron chi connectivity index (χ0n) is 7.91. The lowest BCUT2D eigenvalue weighted by atomic mass is 10.4. The first-order chi connectivity index (χ1) is 6.84. The molecule has 15 heavy (non-hydrogen) atoms. The first-order valence-electron chi connectivity index (χ1n) is 3.71. The fourth-order valence-corrected chi connectivity index (χ4v) is 1.37. The largest absolute Gasteiger partial charge is 0.481 e. The van der Waals surface area contributed by atoms with Crippen molar-refractivity contribution in [3.63, 3.8) is 0 Å². The van der Waals surface area contributed by atoms with Crippen LogP contribution in [0.3, 0.4) is 0 Å². The van der Waals surface area contributed by atoms with Gasteiger partial charge in [0, 0.05) is 12.3 Å². The predicted octanol–water partition coefficient (Wildman–Crippen LogP) is 0.586. The van der Waals surface area contributed by atoms with Crippen molar-refractivity contribution in [3.8, 4) is 0 Å². The molecule has 0 aromatic carbocycles. The summed E-state index contributed by atoms with van der Waals surface area (Å²) in [5.74, 6) is -0.197.